The Morgan fingerprint density at radius 1 is 0.976 bits per heavy atom. The number of piperazine rings is 1. The van der Waals surface area contributed by atoms with Crippen LogP contribution in [0.25, 0.3) is 0 Å². The SMILES string of the molecule is O=C(Nc1cc(C(F)(F)F)cc(C(F)(F)F)c1)N1CCN(c2nsnc2OCc2ccnc(N3CCOC3=O)c2)CC1. The van der Waals surface area contributed by atoms with Crippen LogP contribution in [0.2, 0.25) is 0 Å². The second kappa shape index (κ2) is 11.5. The van der Waals surface area contributed by atoms with Crippen molar-refractivity contribution in [2.45, 2.75) is 19.0 Å². The van der Waals surface area contributed by atoms with E-state index in [9.17, 15) is 35.9 Å². The predicted molar refractivity (Wildman–Crippen MR) is 136 cm³/mol. The molecule has 1 N–H and O–H groups in total. The first kappa shape index (κ1) is 29.2. The van der Waals surface area contributed by atoms with Gasteiger partial charge in [-0.15, -0.1) is 4.37 Å². The fourth-order valence-corrected chi connectivity index (χ4v) is 4.78. The molecular formula is C24H21F6N7O4S. The van der Waals surface area contributed by atoms with Gasteiger partial charge in [0.05, 0.1) is 29.4 Å². The quantitative estimate of drug-likeness (QED) is 0.391. The van der Waals surface area contributed by atoms with E-state index in [1.807, 2.05) is 0 Å². The largest absolute Gasteiger partial charge is 0.470 e. The van der Waals surface area contributed by atoms with Crippen LogP contribution < -0.4 is 19.9 Å². The zero-order valence-electron chi connectivity index (χ0n) is 21.4. The maximum absolute atomic E-state index is 13.1. The molecule has 2 aliphatic heterocycles. The summed E-state index contributed by atoms with van der Waals surface area (Å²) < 4.78 is 98.1. The molecule has 0 saturated carbocycles. The summed E-state index contributed by atoms with van der Waals surface area (Å²) in [5.74, 6) is 1.08. The van der Waals surface area contributed by atoms with Crippen molar-refractivity contribution in [2.75, 3.05) is 54.4 Å². The molecule has 0 atom stereocenters. The van der Waals surface area contributed by atoms with Gasteiger partial charge in [-0.2, -0.15) is 30.7 Å². The lowest BCUT2D eigenvalue weighted by Crippen LogP contribution is -2.50. The number of aromatic nitrogens is 3. The van der Waals surface area contributed by atoms with E-state index >= 15 is 0 Å². The van der Waals surface area contributed by atoms with Crippen LogP contribution in [0.3, 0.4) is 0 Å². The number of carbonyl (C=O) groups is 2. The van der Waals surface area contributed by atoms with Gasteiger partial charge in [-0.25, -0.2) is 14.6 Å². The van der Waals surface area contributed by atoms with Gasteiger partial charge in [0.25, 0.3) is 5.88 Å². The van der Waals surface area contributed by atoms with E-state index in [2.05, 4.69) is 19.0 Å². The Balaban J connectivity index is 1.19. The lowest BCUT2D eigenvalue weighted by atomic mass is 10.1. The van der Waals surface area contributed by atoms with Gasteiger partial charge in [0.1, 0.15) is 19.0 Å². The second-order valence-corrected chi connectivity index (χ2v) is 9.70. The van der Waals surface area contributed by atoms with Crippen molar-refractivity contribution in [1.29, 1.82) is 0 Å². The number of nitrogens with one attached hydrogen (secondary N) is 1. The third-order valence-corrected chi connectivity index (χ3v) is 6.87. The summed E-state index contributed by atoms with van der Waals surface area (Å²) >= 11 is 0.909. The molecule has 0 radical (unpaired) electrons. The third-order valence-electron chi connectivity index (χ3n) is 6.37. The molecular weight excluding hydrogens is 596 g/mol. The number of rotatable bonds is 6. The summed E-state index contributed by atoms with van der Waals surface area (Å²) in [7, 11) is 0. The van der Waals surface area contributed by atoms with Crippen molar-refractivity contribution in [3.05, 3.63) is 53.2 Å². The van der Waals surface area contributed by atoms with Gasteiger partial charge in [0.15, 0.2) is 0 Å². The smallest absolute Gasteiger partial charge is 0.416 e. The van der Waals surface area contributed by atoms with E-state index in [0.717, 1.165) is 11.7 Å². The van der Waals surface area contributed by atoms with Gasteiger partial charge < -0.3 is 24.6 Å². The summed E-state index contributed by atoms with van der Waals surface area (Å²) in [6, 6.07) is 3.46. The Hall–Kier alpha value is -4.35. The molecule has 5 rings (SSSR count). The van der Waals surface area contributed by atoms with Crippen LogP contribution in [0.5, 0.6) is 5.88 Å². The number of amides is 3. The zero-order chi connectivity index (χ0) is 30.1. The normalized spacial score (nSPS) is 16.0. The van der Waals surface area contributed by atoms with E-state index in [1.54, 1.807) is 17.0 Å². The highest BCUT2D eigenvalue weighted by Gasteiger charge is 2.37. The van der Waals surface area contributed by atoms with Crippen LogP contribution in [0.1, 0.15) is 16.7 Å². The molecule has 3 amide bonds. The van der Waals surface area contributed by atoms with E-state index in [-0.39, 0.29) is 51.3 Å². The highest BCUT2D eigenvalue weighted by molar-refractivity contribution is 6.99. The van der Waals surface area contributed by atoms with Crippen molar-refractivity contribution in [3.8, 4) is 5.88 Å². The lowest BCUT2D eigenvalue weighted by molar-refractivity contribution is -0.143. The molecule has 4 heterocycles. The number of alkyl halides is 6. The average Bonchev–Trinajstić information content (AvgIpc) is 3.60. The van der Waals surface area contributed by atoms with E-state index in [0.29, 0.717) is 35.9 Å². The monoisotopic (exact) mass is 617 g/mol. The van der Waals surface area contributed by atoms with Crippen LogP contribution in [0.15, 0.2) is 36.5 Å². The van der Waals surface area contributed by atoms with Crippen molar-refractivity contribution >= 4 is 41.2 Å². The van der Waals surface area contributed by atoms with Crippen molar-refractivity contribution in [2.24, 2.45) is 0 Å². The van der Waals surface area contributed by atoms with Gasteiger partial charge in [-0.1, -0.05) is 0 Å². The second-order valence-electron chi connectivity index (χ2n) is 9.17. The number of pyridine rings is 1. The Kier molecular flexibility index (Phi) is 7.98. The Labute approximate surface area is 238 Å². The number of cyclic esters (lactones) is 1. The van der Waals surface area contributed by atoms with Crippen molar-refractivity contribution in [1.82, 2.24) is 18.6 Å². The lowest BCUT2D eigenvalue weighted by Gasteiger charge is -2.34. The predicted octanol–water partition coefficient (Wildman–Crippen LogP) is 4.86. The number of ether oxygens (including phenoxy) is 2. The van der Waals surface area contributed by atoms with Crippen LogP contribution in [-0.4, -0.2) is 70.1 Å². The number of urea groups is 1. The summed E-state index contributed by atoms with van der Waals surface area (Å²) in [5.41, 5.74) is -2.96. The summed E-state index contributed by atoms with van der Waals surface area (Å²) in [4.78, 5) is 33.2. The fraction of sp³-hybridized carbons (Fsp3) is 0.375. The first-order valence-electron chi connectivity index (χ1n) is 12.3. The van der Waals surface area contributed by atoms with E-state index < -0.39 is 41.3 Å². The van der Waals surface area contributed by atoms with Gasteiger partial charge in [0.2, 0.25) is 5.82 Å². The first-order chi connectivity index (χ1) is 19.9. The van der Waals surface area contributed by atoms with E-state index in [1.165, 1.54) is 16.0 Å². The Morgan fingerprint density at radius 3 is 2.29 bits per heavy atom. The average molecular weight is 618 g/mol. The highest BCUT2D eigenvalue weighted by atomic mass is 32.1. The number of benzene rings is 1. The van der Waals surface area contributed by atoms with Crippen LogP contribution in [-0.2, 0) is 23.7 Å². The number of hydrogen-bond acceptors (Lipinski definition) is 9. The Morgan fingerprint density at radius 2 is 1.67 bits per heavy atom. The number of hydrogen-bond donors (Lipinski definition) is 1. The van der Waals surface area contributed by atoms with Gasteiger partial charge in [-0.05, 0) is 35.9 Å². The molecule has 2 fully saturated rings. The molecule has 2 aliphatic rings. The maximum atomic E-state index is 13.1. The molecule has 0 spiro atoms. The van der Waals surface area contributed by atoms with Crippen LogP contribution in [0.4, 0.5) is 53.3 Å². The molecule has 224 valence electrons. The maximum Gasteiger partial charge on any atom is 0.416 e. The minimum Gasteiger partial charge on any atom is -0.470 e. The van der Waals surface area contributed by atoms with Gasteiger partial charge >= 0.3 is 24.5 Å². The minimum absolute atomic E-state index is 0.00692. The molecule has 2 saturated heterocycles. The molecule has 0 unspecified atom stereocenters. The third kappa shape index (κ3) is 6.58. The number of nitrogens with zero attached hydrogens (tertiary/aromatic N) is 6. The molecule has 2 aromatic heterocycles. The topological polar surface area (TPSA) is 113 Å². The molecule has 0 aliphatic carbocycles. The summed E-state index contributed by atoms with van der Waals surface area (Å²) in [6.45, 7) is 1.46. The van der Waals surface area contributed by atoms with E-state index in [4.69, 9.17) is 9.47 Å². The van der Waals surface area contributed by atoms with Crippen LogP contribution >= 0.6 is 11.7 Å². The van der Waals surface area contributed by atoms with Crippen LogP contribution in [0, 0.1) is 0 Å². The molecule has 0 bridgehead atoms. The number of carbonyl (C=O) groups excluding carboxylic acids is 2. The molecule has 1 aromatic carbocycles. The highest BCUT2D eigenvalue weighted by Crippen LogP contribution is 2.37. The number of anilines is 3. The fourth-order valence-electron chi connectivity index (χ4n) is 4.26. The van der Waals surface area contributed by atoms with Crippen molar-refractivity contribution < 1.29 is 45.4 Å². The Bertz CT molecular complexity index is 1430. The first-order valence-corrected chi connectivity index (χ1v) is 13.1. The number of halogens is 6. The van der Waals surface area contributed by atoms with Crippen molar-refractivity contribution in [3.63, 3.8) is 0 Å². The van der Waals surface area contributed by atoms with Gasteiger partial charge in [0, 0.05) is 38.1 Å². The summed E-state index contributed by atoms with van der Waals surface area (Å²) in [5, 5.41) is 2.14. The van der Waals surface area contributed by atoms with Gasteiger partial charge in [-0.3, -0.25) is 4.90 Å². The molecule has 42 heavy (non-hydrogen) atoms. The zero-order valence-corrected chi connectivity index (χ0v) is 22.2. The molecule has 3 aromatic rings. The minimum atomic E-state index is -5.03. The molecule has 11 nitrogen and oxygen atoms in total. The molecule has 18 heteroatoms. The standard InChI is InChI=1S/C24H21F6N7O4S/c25-23(26,27)15-10-16(24(28,29)30)12-17(11-15)32-21(38)36-5-3-35(4-6-36)19-20(34-42-33-19)41-13-14-1-2-31-18(9-14)37-7-8-40-22(37)39/h1-2,9-12H,3-8,13H2,(H,32,38). The summed E-state index contributed by atoms with van der Waals surface area (Å²) in [6.07, 6.45) is -9.02.